The van der Waals surface area contributed by atoms with Gasteiger partial charge < -0.3 is 0 Å². The summed E-state index contributed by atoms with van der Waals surface area (Å²) in [5.74, 6) is 1.97. The minimum atomic E-state index is 0.785. The predicted octanol–water partition coefficient (Wildman–Crippen LogP) is 3.98. The zero-order chi connectivity index (χ0) is 9.68. The molecule has 0 aliphatic rings. The summed E-state index contributed by atoms with van der Waals surface area (Å²) < 4.78 is 1.10. The van der Waals surface area contributed by atoms with Crippen LogP contribution in [0.5, 0.6) is 0 Å². The average Bonchev–Trinajstić information content (AvgIpc) is 2.08. The molecular formula is C10H14BrNS. The van der Waals surface area contributed by atoms with Crippen LogP contribution in [0.3, 0.4) is 0 Å². The number of rotatable bonds is 4. The van der Waals surface area contributed by atoms with Gasteiger partial charge in [0.15, 0.2) is 0 Å². The van der Waals surface area contributed by atoms with Crippen LogP contribution in [0, 0.1) is 5.92 Å². The molecule has 0 aliphatic heterocycles. The van der Waals surface area contributed by atoms with E-state index in [2.05, 4.69) is 40.8 Å². The summed E-state index contributed by atoms with van der Waals surface area (Å²) in [6, 6.07) is 2.05. The van der Waals surface area contributed by atoms with Crippen LogP contribution in [0.15, 0.2) is 27.8 Å². The largest absolute Gasteiger partial charge is 0.263 e. The lowest BCUT2D eigenvalue weighted by Crippen LogP contribution is -1.89. The summed E-state index contributed by atoms with van der Waals surface area (Å²) in [7, 11) is 0. The Morgan fingerprint density at radius 2 is 2.31 bits per heavy atom. The van der Waals surface area contributed by atoms with Crippen LogP contribution in [0.1, 0.15) is 20.3 Å². The molecule has 0 bridgehead atoms. The highest BCUT2D eigenvalue weighted by Crippen LogP contribution is 2.27. The molecule has 72 valence electrons. The van der Waals surface area contributed by atoms with E-state index in [4.69, 9.17) is 0 Å². The van der Waals surface area contributed by atoms with Crippen molar-refractivity contribution in [1.29, 1.82) is 0 Å². The number of thioether (sulfide) groups is 1. The zero-order valence-corrected chi connectivity index (χ0v) is 10.4. The number of aromatic nitrogens is 1. The second-order valence-corrected chi connectivity index (χ2v) is 5.33. The van der Waals surface area contributed by atoms with Crippen molar-refractivity contribution in [2.24, 2.45) is 5.92 Å². The van der Waals surface area contributed by atoms with E-state index in [0.717, 1.165) is 10.4 Å². The summed E-state index contributed by atoms with van der Waals surface area (Å²) in [6.45, 7) is 4.50. The Morgan fingerprint density at radius 3 is 2.92 bits per heavy atom. The van der Waals surface area contributed by atoms with Crippen molar-refractivity contribution in [2.45, 2.75) is 25.2 Å². The normalized spacial score (nSPS) is 10.8. The first kappa shape index (κ1) is 11.1. The van der Waals surface area contributed by atoms with E-state index in [-0.39, 0.29) is 0 Å². The fraction of sp³-hybridized carbons (Fsp3) is 0.500. The lowest BCUT2D eigenvalue weighted by Gasteiger charge is -2.05. The van der Waals surface area contributed by atoms with Crippen LogP contribution in [-0.2, 0) is 0 Å². The molecule has 0 saturated heterocycles. The van der Waals surface area contributed by atoms with Crippen molar-refractivity contribution in [3.8, 4) is 0 Å². The molecular weight excluding hydrogens is 246 g/mol. The van der Waals surface area contributed by atoms with Crippen molar-refractivity contribution in [1.82, 2.24) is 4.98 Å². The quantitative estimate of drug-likeness (QED) is 0.759. The first-order chi connectivity index (χ1) is 6.20. The van der Waals surface area contributed by atoms with Crippen LogP contribution >= 0.6 is 27.7 Å². The standard InChI is InChI=1S/C10H14BrNS/c1-8(2)4-6-13-10-3-5-12-7-9(10)11/h3,5,7-8H,4,6H2,1-2H3. The van der Waals surface area contributed by atoms with Crippen LogP contribution in [0.25, 0.3) is 0 Å². The third-order valence-electron chi connectivity index (χ3n) is 1.69. The van der Waals surface area contributed by atoms with E-state index >= 15 is 0 Å². The SMILES string of the molecule is CC(C)CCSc1ccncc1Br. The molecule has 3 heteroatoms. The molecule has 0 spiro atoms. The lowest BCUT2D eigenvalue weighted by molar-refractivity contribution is 0.632. The summed E-state index contributed by atoms with van der Waals surface area (Å²) in [6.07, 6.45) is 4.94. The maximum absolute atomic E-state index is 4.03. The summed E-state index contributed by atoms with van der Waals surface area (Å²) in [4.78, 5) is 5.32. The average molecular weight is 260 g/mol. The van der Waals surface area contributed by atoms with Gasteiger partial charge in [-0.15, -0.1) is 11.8 Å². The molecule has 1 aromatic heterocycles. The van der Waals surface area contributed by atoms with E-state index in [9.17, 15) is 0 Å². The molecule has 0 unspecified atom stereocenters. The van der Waals surface area contributed by atoms with Crippen LogP contribution < -0.4 is 0 Å². The van der Waals surface area contributed by atoms with Gasteiger partial charge in [-0.1, -0.05) is 13.8 Å². The molecule has 0 fully saturated rings. The van der Waals surface area contributed by atoms with Crippen molar-refractivity contribution >= 4 is 27.7 Å². The molecule has 0 aliphatic carbocycles. The predicted molar refractivity (Wildman–Crippen MR) is 62.1 cm³/mol. The second-order valence-electron chi connectivity index (χ2n) is 3.34. The van der Waals surface area contributed by atoms with E-state index in [1.54, 1.807) is 0 Å². The number of hydrogen-bond donors (Lipinski definition) is 0. The second kappa shape index (κ2) is 5.66. The first-order valence-corrected chi connectivity index (χ1v) is 6.20. The van der Waals surface area contributed by atoms with Gasteiger partial charge in [0.25, 0.3) is 0 Å². The van der Waals surface area contributed by atoms with Gasteiger partial charge in [0.05, 0.1) is 0 Å². The van der Waals surface area contributed by atoms with Gasteiger partial charge in [0, 0.05) is 21.8 Å². The first-order valence-electron chi connectivity index (χ1n) is 4.42. The Balaban J connectivity index is 2.41. The van der Waals surface area contributed by atoms with Crippen molar-refractivity contribution in [3.63, 3.8) is 0 Å². The number of halogens is 1. The Bertz CT molecular complexity index is 263. The molecule has 0 radical (unpaired) electrons. The Hall–Kier alpha value is -0.0200. The van der Waals surface area contributed by atoms with E-state index in [0.29, 0.717) is 0 Å². The number of nitrogens with zero attached hydrogens (tertiary/aromatic N) is 1. The minimum Gasteiger partial charge on any atom is -0.263 e. The number of hydrogen-bond acceptors (Lipinski definition) is 2. The topological polar surface area (TPSA) is 12.9 Å². The lowest BCUT2D eigenvalue weighted by atomic mass is 10.2. The van der Waals surface area contributed by atoms with E-state index in [1.165, 1.54) is 17.1 Å². The molecule has 0 saturated carbocycles. The molecule has 0 aromatic carbocycles. The molecule has 13 heavy (non-hydrogen) atoms. The molecule has 0 N–H and O–H groups in total. The van der Waals surface area contributed by atoms with E-state index < -0.39 is 0 Å². The highest BCUT2D eigenvalue weighted by atomic mass is 79.9. The maximum Gasteiger partial charge on any atom is 0.0494 e. The Kier molecular flexibility index (Phi) is 4.81. The molecule has 1 rings (SSSR count). The minimum absolute atomic E-state index is 0.785. The third kappa shape index (κ3) is 4.14. The molecule has 1 heterocycles. The highest BCUT2D eigenvalue weighted by molar-refractivity contribution is 9.10. The number of pyridine rings is 1. The van der Waals surface area contributed by atoms with Gasteiger partial charge in [-0.2, -0.15) is 0 Å². The van der Waals surface area contributed by atoms with Gasteiger partial charge >= 0.3 is 0 Å². The van der Waals surface area contributed by atoms with Gasteiger partial charge in [0.2, 0.25) is 0 Å². The molecule has 1 nitrogen and oxygen atoms in total. The summed E-state index contributed by atoms with van der Waals surface area (Å²) in [5, 5.41) is 0. The third-order valence-corrected chi connectivity index (χ3v) is 3.69. The zero-order valence-electron chi connectivity index (χ0n) is 7.96. The van der Waals surface area contributed by atoms with Crippen molar-refractivity contribution in [2.75, 3.05) is 5.75 Å². The van der Waals surface area contributed by atoms with Crippen LogP contribution in [0.4, 0.5) is 0 Å². The monoisotopic (exact) mass is 259 g/mol. The fourth-order valence-corrected chi connectivity index (χ4v) is 2.63. The van der Waals surface area contributed by atoms with Crippen LogP contribution in [0.2, 0.25) is 0 Å². The highest BCUT2D eigenvalue weighted by Gasteiger charge is 2.00. The van der Waals surface area contributed by atoms with Crippen LogP contribution in [-0.4, -0.2) is 10.7 Å². The van der Waals surface area contributed by atoms with Gasteiger partial charge in [-0.05, 0) is 40.1 Å². The van der Waals surface area contributed by atoms with Crippen molar-refractivity contribution in [3.05, 3.63) is 22.9 Å². The fourth-order valence-electron chi connectivity index (χ4n) is 0.884. The molecule has 0 atom stereocenters. The summed E-state index contributed by atoms with van der Waals surface area (Å²) in [5.41, 5.74) is 0. The van der Waals surface area contributed by atoms with Gasteiger partial charge in [0.1, 0.15) is 0 Å². The Labute approximate surface area is 92.5 Å². The smallest absolute Gasteiger partial charge is 0.0494 e. The van der Waals surface area contributed by atoms with Gasteiger partial charge in [-0.3, -0.25) is 4.98 Å². The van der Waals surface area contributed by atoms with Gasteiger partial charge in [-0.25, -0.2) is 0 Å². The Morgan fingerprint density at radius 1 is 1.54 bits per heavy atom. The van der Waals surface area contributed by atoms with Crippen molar-refractivity contribution < 1.29 is 0 Å². The maximum atomic E-state index is 4.03. The van der Waals surface area contributed by atoms with E-state index in [1.807, 2.05) is 24.2 Å². The summed E-state index contributed by atoms with van der Waals surface area (Å²) >= 11 is 5.37. The molecule has 0 amide bonds. The molecule has 1 aromatic rings.